The lowest BCUT2D eigenvalue weighted by molar-refractivity contribution is 0.554. The monoisotopic (exact) mass is 285 g/mol. The molecule has 1 aromatic carbocycles. The Morgan fingerprint density at radius 3 is 2.29 bits per heavy atom. The van der Waals surface area contributed by atoms with E-state index in [2.05, 4.69) is 68.6 Å². The Labute approximate surface area is 128 Å². The molecule has 21 heavy (non-hydrogen) atoms. The van der Waals surface area contributed by atoms with Crippen LogP contribution in [0.3, 0.4) is 0 Å². The van der Waals surface area contributed by atoms with Gasteiger partial charge < -0.3 is 5.32 Å². The second kappa shape index (κ2) is 6.02. The third kappa shape index (κ3) is 3.35. The third-order valence-electron chi connectivity index (χ3n) is 3.92. The summed E-state index contributed by atoms with van der Waals surface area (Å²) in [6, 6.07) is 9.29. The summed E-state index contributed by atoms with van der Waals surface area (Å²) in [4.78, 5) is 0. The molecule has 0 fully saturated rings. The molecule has 1 N–H and O–H groups in total. The van der Waals surface area contributed by atoms with Gasteiger partial charge in [-0.2, -0.15) is 5.10 Å². The summed E-state index contributed by atoms with van der Waals surface area (Å²) in [5.41, 5.74) is 5.01. The second-order valence-corrected chi connectivity index (χ2v) is 6.69. The summed E-state index contributed by atoms with van der Waals surface area (Å²) in [5.74, 6) is 0. The van der Waals surface area contributed by atoms with E-state index in [4.69, 9.17) is 0 Å². The molecule has 0 saturated heterocycles. The highest BCUT2D eigenvalue weighted by atomic mass is 15.3. The summed E-state index contributed by atoms with van der Waals surface area (Å²) in [5, 5.41) is 8.00. The zero-order valence-corrected chi connectivity index (χ0v) is 14.1. The molecule has 0 radical (unpaired) electrons. The first kappa shape index (κ1) is 15.8. The van der Waals surface area contributed by atoms with Gasteiger partial charge in [-0.1, -0.05) is 52.0 Å². The molecule has 2 rings (SSSR count). The van der Waals surface area contributed by atoms with Gasteiger partial charge in [0.25, 0.3) is 0 Å². The number of nitrogens with zero attached hydrogens (tertiary/aromatic N) is 2. The molecular weight excluding hydrogens is 258 g/mol. The van der Waals surface area contributed by atoms with Gasteiger partial charge in [0.2, 0.25) is 0 Å². The predicted octanol–water partition coefficient (Wildman–Crippen LogP) is 4.06. The van der Waals surface area contributed by atoms with Gasteiger partial charge in [0, 0.05) is 30.3 Å². The average molecular weight is 285 g/mol. The molecule has 2 aromatic rings. The fraction of sp³-hybridized carbons (Fsp3) is 0.500. The molecule has 3 heteroatoms. The molecule has 0 aliphatic heterocycles. The first-order valence-electron chi connectivity index (χ1n) is 7.68. The largest absolute Gasteiger partial charge is 0.313 e. The summed E-state index contributed by atoms with van der Waals surface area (Å²) < 4.78 is 1.91. The van der Waals surface area contributed by atoms with Crippen LogP contribution < -0.4 is 5.32 Å². The quantitative estimate of drug-likeness (QED) is 0.918. The van der Waals surface area contributed by atoms with Crippen molar-refractivity contribution in [2.75, 3.05) is 7.05 Å². The Balaban J connectivity index is 2.40. The average Bonchev–Trinajstić information content (AvgIpc) is 2.83. The topological polar surface area (TPSA) is 29.9 Å². The van der Waals surface area contributed by atoms with Crippen molar-refractivity contribution >= 4 is 0 Å². The molecule has 0 bridgehead atoms. The van der Waals surface area contributed by atoms with Crippen molar-refractivity contribution in [1.29, 1.82) is 0 Å². The number of rotatable bonds is 4. The molecule has 3 nitrogen and oxygen atoms in total. The van der Waals surface area contributed by atoms with E-state index in [-0.39, 0.29) is 5.41 Å². The smallest absolute Gasteiger partial charge is 0.0756 e. The SMILES string of the molecule is CCC(NC)c1ccc(-c2cn(C)nc2C(C)(C)C)cc1. The van der Waals surface area contributed by atoms with Crippen LogP contribution in [0, 0.1) is 0 Å². The van der Waals surface area contributed by atoms with Crippen LogP contribution in [0.4, 0.5) is 0 Å². The van der Waals surface area contributed by atoms with Crippen molar-refractivity contribution in [3.05, 3.63) is 41.7 Å². The maximum atomic E-state index is 4.65. The fourth-order valence-electron chi connectivity index (χ4n) is 2.76. The fourth-order valence-corrected chi connectivity index (χ4v) is 2.76. The highest BCUT2D eigenvalue weighted by Crippen LogP contribution is 2.32. The van der Waals surface area contributed by atoms with Crippen LogP contribution in [-0.2, 0) is 12.5 Å². The lowest BCUT2D eigenvalue weighted by atomic mass is 9.87. The van der Waals surface area contributed by atoms with Gasteiger partial charge >= 0.3 is 0 Å². The van der Waals surface area contributed by atoms with Crippen LogP contribution in [0.15, 0.2) is 30.5 Å². The standard InChI is InChI=1S/C18H27N3/c1-7-16(19-5)14-10-8-13(9-11-14)15-12-21(6)20-17(15)18(2,3)4/h8-12,16,19H,7H2,1-6H3. The van der Waals surface area contributed by atoms with Crippen LogP contribution in [0.5, 0.6) is 0 Å². The van der Waals surface area contributed by atoms with E-state index in [1.54, 1.807) is 0 Å². The van der Waals surface area contributed by atoms with E-state index in [1.165, 1.54) is 16.7 Å². The molecule has 0 aliphatic rings. The van der Waals surface area contributed by atoms with Crippen molar-refractivity contribution in [3.63, 3.8) is 0 Å². The number of aromatic nitrogens is 2. The highest BCUT2D eigenvalue weighted by molar-refractivity contribution is 5.67. The number of hydrogen-bond acceptors (Lipinski definition) is 2. The normalized spacial score (nSPS) is 13.4. The van der Waals surface area contributed by atoms with Gasteiger partial charge in [0.15, 0.2) is 0 Å². The first-order valence-corrected chi connectivity index (χ1v) is 7.68. The van der Waals surface area contributed by atoms with Crippen molar-refractivity contribution in [3.8, 4) is 11.1 Å². The summed E-state index contributed by atoms with van der Waals surface area (Å²) in [6.07, 6.45) is 3.21. The number of aryl methyl sites for hydroxylation is 1. The van der Waals surface area contributed by atoms with Gasteiger partial charge in [0.1, 0.15) is 0 Å². The minimum absolute atomic E-state index is 0.0478. The third-order valence-corrected chi connectivity index (χ3v) is 3.92. The van der Waals surface area contributed by atoms with Crippen LogP contribution in [0.1, 0.15) is 51.4 Å². The van der Waals surface area contributed by atoms with Crippen LogP contribution in [0.2, 0.25) is 0 Å². The molecule has 0 spiro atoms. The van der Waals surface area contributed by atoms with Crippen molar-refractivity contribution in [2.24, 2.45) is 7.05 Å². The van der Waals surface area contributed by atoms with E-state index in [0.717, 1.165) is 12.1 Å². The summed E-state index contributed by atoms with van der Waals surface area (Å²) >= 11 is 0. The Morgan fingerprint density at radius 2 is 1.81 bits per heavy atom. The molecule has 0 amide bonds. The molecular formula is C18H27N3. The molecule has 0 aliphatic carbocycles. The van der Waals surface area contributed by atoms with E-state index >= 15 is 0 Å². The van der Waals surface area contributed by atoms with Gasteiger partial charge in [-0.15, -0.1) is 0 Å². The van der Waals surface area contributed by atoms with Gasteiger partial charge in [0.05, 0.1) is 5.69 Å². The van der Waals surface area contributed by atoms with Gasteiger partial charge in [-0.05, 0) is 24.6 Å². The Kier molecular flexibility index (Phi) is 4.52. The number of benzene rings is 1. The Hall–Kier alpha value is -1.61. The predicted molar refractivity (Wildman–Crippen MR) is 89.4 cm³/mol. The van der Waals surface area contributed by atoms with Crippen molar-refractivity contribution in [2.45, 2.75) is 45.6 Å². The van der Waals surface area contributed by atoms with Gasteiger partial charge in [-0.3, -0.25) is 4.68 Å². The van der Waals surface area contributed by atoms with E-state index in [9.17, 15) is 0 Å². The van der Waals surface area contributed by atoms with Crippen LogP contribution in [0.25, 0.3) is 11.1 Å². The number of hydrogen-bond donors (Lipinski definition) is 1. The zero-order valence-electron chi connectivity index (χ0n) is 14.1. The summed E-state index contributed by atoms with van der Waals surface area (Å²) in [7, 11) is 4.00. The minimum atomic E-state index is 0.0478. The van der Waals surface area contributed by atoms with Crippen LogP contribution >= 0.6 is 0 Å². The molecule has 1 aromatic heterocycles. The Morgan fingerprint density at radius 1 is 1.19 bits per heavy atom. The maximum absolute atomic E-state index is 4.65. The molecule has 0 saturated carbocycles. The zero-order chi connectivity index (χ0) is 15.6. The molecule has 1 unspecified atom stereocenters. The molecule has 114 valence electrons. The van der Waals surface area contributed by atoms with Gasteiger partial charge in [-0.25, -0.2) is 0 Å². The van der Waals surface area contributed by atoms with E-state index in [0.29, 0.717) is 6.04 Å². The van der Waals surface area contributed by atoms with Crippen LogP contribution in [-0.4, -0.2) is 16.8 Å². The highest BCUT2D eigenvalue weighted by Gasteiger charge is 2.22. The lowest BCUT2D eigenvalue weighted by Crippen LogP contribution is -2.15. The maximum Gasteiger partial charge on any atom is 0.0756 e. The minimum Gasteiger partial charge on any atom is -0.313 e. The molecule has 1 atom stereocenters. The van der Waals surface area contributed by atoms with E-state index in [1.807, 2.05) is 18.8 Å². The van der Waals surface area contributed by atoms with Crippen molar-refractivity contribution < 1.29 is 0 Å². The van der Waals surface area contributed by atoms with E-state index < -0.39 is 0 Å². The molecule has 1 heterocycles. The first-order chi connectivity index (χ1) is 9.86. The Bertz CT molecular complexity index is 584. The number of nitrogens with one attached hydrogen (secondary N) is 1. The summed E-state index contributed by atoms with van der Waals surface area (Å²) in [6.45, 7) is 8.83. The second-order valence-electron chi connectivity index (χ2n) is 6.69. The van der Waals surface area contributed by atoms with Crippen molar-refractivity contribution in [1.82, 2.24) is 15.1 Å². The lowest BCUT2D eigenvalue weighted by Gasteiger charge is -2.18.